The largest absolute Gasteiger partial charge is 0.325 e. The minimum atomic E-state index is -3.56. The summed E-state index contributed by atoms with van der Waals surface area (Å²) >= 11 is 0. The van der Waals surface area contributed by atoms with Crippen LogP contribution in [0, 0.1) is 5.92 Å². The van der Waals surface area contributed by atoms with Gasteiger partial charge in [0.2, 0.25) is 15.9 Å². The molecule has 1 fully saturated rings. The summed E-state index contributed by atoms with van der Waals surface area (Å²) in [6.45, 7) is 0.555. The van der Waals surface area contributed by atoms with Crippen molar-refractivity contribution in [2.24, 2.45) is 5.92 Å². The molecule has 0 aliphatic carbocycles. The van der Waals surface area contributed by atoms with E-state index in [0.717, 1.165) is 0 Å². The van der Waals surface area contributed by atoms with Crippen LogP contribution in [0.4, 0.5) is 5.69 Å². The number of piperidine rings is 1. The summed E-state index contributed by atoms with van der Waals surface area (Å²) < 4.78 is 27.0. The average molecular weight is 449 g/mol. The molecular formula is C25H24N2O4S. The molecule has 0 unspecified atom stereocenters. The maximum absolute atomic E-state index is 12.9. The molecule has 1 heterocycles. The zero-order valence-electron chi connectivity index (χ0n) is 17.5. The van der Waals surface area contributed by atoms with E-state index in [1.807, 2.05) is 6.07 Å². The second kappa shape index (κ2) is 9.46. The Balaban J connectivity index is 1.43. The smallest absolute Gasteiger partial charge is 0.243 e. The van der Waals surface area contributed by atoms with Crippen LogP contribution in [0.1, 0.15) is 28.8 Å². The van der Waals surface area contributed by atoms with E-state index in [1.165, 1.54) is 4.31 Å². The summed E-state index contributed by atoms with van der Waals surface area (Å²) in [7, 11) is -3.56. The van der Waals surface area contributed by atoms with Gasteiger partial charge >= 0.3 is 0 Å². The lowest BCUT2D eigenvalue weighted by Gasteiger charge is -2.30. The predicted molar refractivity (Wildman–Crippen MR) is 123 cm³/mol. The lowest BCUT2D eigenvalue weighted by Crippen LogP contribution is -2.41. The number of hydrogen-bond donors (Lipinski definition) is 1. The van der Waals surface area contributed by atoms with Gasteiger partial charge in [-0.2, -0.15) is 4.31 Å². The highest BCUT2D eigenvalue weighted by Gasteiger charge is 2.32. The number of amides is 1. The number of sulfonamides is 1. The van der Waals surface area contributed by atoms with Crippen molar-refractivity contribution >= 4 is 27.4 Å². The minimum Gasteiger partial charge on any atom is -0.325 e. The normalized spacial score (nSPS) is 15.2. The molecule has 6 nitrogen and oxygen atoms in total. The Hall–Kier alpha value is -3.29. The summed E-state index contributed by atoms with van der Waals surface area (Å²) in [5.41, 5.74) is 1.44. The molecule has 0 saturated carbocycles. The van der Waals surface area contributed by atoms with Gasteiger partial charge in [0.15, 0.2) is 5.78 Å². The second-order valence-corrected chi connectivity index (χ2v) is 9.66. The summed E-state index contributed by atoms with van der Waals surface area (Å²) in [6.07, 6.45) is 0.847. The molecule has 7 heteroatoms. The number of carbonyl (C=O) groups is 2. The number of para-hydroxylation sites is 1. The van der Waals surface area contributed by atoms with Crippen molar-refractivity contribution in [2.45, 2.75) is 17.7 Å². The van der Waals surface area contributed by atoms with E-state index in [0.29, 0.717) is 29.7 Å². The van der Waals surface area contributed by atoms with Crippen molar-refractivity contribution in [3.05, 3.63) is 96.1 Å². The molecular weight excluding hydrogens is 424 g/mol. The monoisotopic (exact) mass is 448 g/mol. The standard InChI is InChI=1S/C25H24N2O4S/c28-24(19-9-3-1-4-10-19)22-13-7-8-14-23(22)26-25(29)20-15-17-27(18-16-20)32(30,31)21-11-5-2-6-12-21/h1-14,20H,15-18H2,(H,26,29). The molecule has 0 spiro atoms. The van der Waals surface area contributed by atoms with E-state index in [2.05, 4.69) is 5.32 Å². The van der Waals surface area contributed by atoms with E-state index in [9.17, 15) is 18.0 Å². The van der Waals surface area contributed by atoms with Crippen molar-refractivity contribution in [2.75, 3.05) is 18.4 Å². The third-order valence-corrected chi connectivity index (χ3v) is 7.58. The zero-order chi connectivity index (χ0) is 22.6. The van der Waals surface area contributed by atoms with Gasteiger partial charge in [-0.15, -0.1) is 0 Å². The van der Waals surface area contributed by atoms with Crippen LogP contribution in [0.3, 0.4) is 0 Å². The SMILES string of the molecule is O=C(c1ccccc1)c1ccccc1NC(=O)C1CCN(S(=O)(=O)c2ccccc2)CC1. The van der Waals surface area contributed by atoms with Gasteiger partial charge in [-0.3, -0.25) is 9.59 Å². The van der Waals surface area contributed by atoms with Gasteiger partial charge in [0, 0.05) is 30.1 Å². The van der Waals surface area contributed by atoms with Crippen LogP contribution < -0.4 is 5.32 Å². The molecule has 0 bridgehead atoms. The van der Waals surface area contributed by atoms with Gasteiger partial charge in [-0.05, 0) is 37.1 Å². The third kappa shape index (κ3) is 4.64. The van der Waals surface area contributed by atoms with Gasteiger partial charge in [0.1, 0.15) is 0 Å². The Labute approximate surface area is 187 Å². The van der Waals surface area contributed by atoms with Crippen molar-refractivity contribution < 1.29 is 18.0 Å². The molecule has 1 amide bonds. The highest BCUT2D eigenvalue weighted by atomic mass is 32.2. The first-order valence-corrected chi connectivity index (χ1v) is 12.0. The number of rotatable bonds is 6. The summed E-state index contributed by atoms with van der Waals surface area (Å²) in [4.78, 5) is 26.1. The van der Waals surface area contributed by atoms with Crippen LogP contribution in [-0.2, 0) is 14.8 Å². The van der Waals surface area contributed by atoms with Crippen LogP contribution in [0.2, 0.25) is 0 Å². The summed E-state index contributed by atoms with van der Waals surface area (Å²) in [5.74, 6) is -0.683. The highest BCUT2D eigenvalue weighted by molar-refractivity contribution is 7.89. The number of carbonyl (C=O) groups excluding carboxylic acids is 2. The predicted octanol–water partition coefficient (Wildman–Crippen LogP) is 3.96. The first-order valence-electron chi connectivity index (χ1n) is 10.5. The van der Waals surface area contributed by atoms with E-state index in [4.69, 9.17) is 0 Å². The lowest BCUT2D eigenvalue weighted by molar-refractivity contribution is -0.120. The Morgan fingerprint density at radius 3 is 2.00 bits per heavy atom. The van der Waals surface area contributed by atoms with E-state index in [1.54, 1.807) is 78.9 Å². The molecule has 3 aromatic rings. The van der Waals surface area contributed by atoms with Crippen LogP contribution >= 0.6 is 0 Å². The molecule has 4 rings (SSSR count). The van der Waals surface area contributed by atoms with Crippen molar-refractivity contribution in [1.82, 2.24) is 4.31 Å². The molecule has 1 aliphatic heterocycles. The van der Waals surface area contributed by atoms with E-state index in [-0.39, 0.29) is 35.6 Å². The van der Waals surface area contributed by atoms with E-state index < -0.39 is 10.0 Å². The number of ketones is 1. The van der Waals surface area contributed by atoms with Gasteiger partial charge in [0.05, 0.1) is 10.6 Å². The molecule has 0 aromatic heterocycles. The molecule has 164 valence electrons. The first kappa shape index (κ1) is 21.9. The Kier molecular flexibility index (Phi) is 6.48. The molecule has 32 heavy (non-hydrogen) atoms. The van der Waals surface area contributed by atoms with Gasteiger partial charge in [-0.25, -0.2) is 8.42 Å². The maximum Gasteiger partial charge on any atom is 0.243 e. The van der Waals surface area contributed by atoms with Gasteiger partial charge in [-0.1, -0.05) is 60.7 Å². The van der Waals surface area contributed by atoms with Crippen molar-refractivity contribution in [1.29, 1.82) is 0 Å². The molecule has 3 aromatic carbocycles. The first-order chi connectivity index (χ1) is 15.5. The second-order valence-electron chi connectivity index (χ2n) is 7.72. The number of nitrogens with zero attached hydrogens (tertiary/aromatic N) is 1. The van der Waals surface area contributed by atoms with Crippen LogP contribution in [0.15, 0.2) is 89.8 Å². The average Bonchev–Trinajstić information content (AvgIpc) is 2.85. The van der Waals surface area contributed by atoms with Crippen LogP contribution in [0.25, 0.3) is 0 Å². The molecule has 0 radical (unpaired) electrons. The molecule has 1 N–H and O–H groups in total. The number of anilines is 1. The Morgan fingerprint density at radius 2 is 1.34 bits per heavy atom. The van der Waals surface area contributed by atoms with Crippen LogP contribution in [-0.4, -0.2) is 37.5 Å². The Bertz CT molecular complexity index is 1200. The summed E-state index contributed by atoms with van der Waals surface area (Å²) in [5, 5.41) is 2.89. The fourth-order valence-corrected chi connectivity index (χ4v) is 5.36. The Morgan fingerprint density at radius 1 is 0.781 bits per heavy atom. The molecule has 1 saturated heterocycles. The number of nitrogens with one attached hydrogen (secondary N) is 1. The van der Waals surface area contributed by atoms with Crippen LogP contribution in [0.5, 0.6) is 0 Å². The van der Waals surface area contributed by atoms with Gasteiger partial charge < -0.3 is 5.32 Å². The fraction of sp³-hybridized carbons (Fsp3) is 0.200. The summed E-state index contributed by atoms with van der Waals surface area (Å²) in [6, 6.07) is 24.2. The maximum atomic E-state index is 12.9. The van der Waals surface area contributed by atoms with Crippen molar-refractivity contribution in [3.8, 4) is 0 Å². The zero-order valence-corrected chi connectivity index (χ0v) is 18.3. The third-order valence-electron chi connectivity index (χ3n) is 5.67. The number of benzene rings is 3. The fourth-order valence-electron chi connectivity index (χ4n) is 3.87. The van der Waals surface area contributed by atoms with E-state index >= 15 is 0 Å². The molecule has 1 aliphatic rings. The topological polar surface area (TPSA) is 83.6 Å². The lowest BCUT2D eigenvalue weighted by atomic mass is 9.96. The van der Waals surface area contributed by atoms with Crippen molar-refractivity contribution in [3.63, 3.8) is 0 Å². The minimum absolute atomic E-state index is 0.162. The molecule has 0 atom stereocenters. The number of hydrogen-bond acceptors (Lipinski definition) is 4. The highest BCUT2D eigenvalue weighted by Crippen LogP contribution is 2.26. The quantitative estimate of drug-likeness (QED) is 0.579. The van der Waals surface area contributed by atoms with Gasteiger partial charge in [0.25, 0.3) is 0 Å².